The van der Waals surface area contributed by atoms with Gasteiger partial charge in [0.25, 0.3) is 0 Å². The fourth-order valence-electron chi connectivity index (χ4n) is 1.47. The van der Waals surface area contributed by atoms with Crippen molar-refractivity contribution in [2.75, 3.05) is 7.11 Å². The van der Waals surface area contributed by atoms with Gasteiger partial charge in [0.05, 0.1) is 7.11 Å². The minimum absolute atomic E-state index is 0.145. The number of hydrogen-bond acceptors (Lipinski definition) is 3. The lowest BCUT2D eigenvalue weighted by Gasteiger charge is -2.11. The van der Waals surface area contributed by atoms with E-state index >= 15 is 0 Å². The average molecular weight is 238 g/mol. The third-order valence-electron chi connectivity index (χ3n) is 2.35. The molecule has 84 valence electrons. The maximum atomic E-state index is 13.2. The Morgan fingerprint density at radius 2 is 2.12 bits per heavy atom. The fourth-order valence-corrected chi connectivity index (χ4v) is 2.15. The van der Waals surface area contributed by atoms with Gasteiger partial charge in [0, 0.05) is 0 Å². The van der Waals surface area contributed by atoms with Crippen molar-refractivity contribution in [3.8, 4) is 5.75 Å². The van der Waals surface area contributed by atoms with Crippen LogP contribution in [0.15, 0.2) is 35.0 Å². The monoisotopic (exact) mass is 238 g/mol. The van der Waals surface area contributed by atoms with Crippen LogP contribution >= 0.6 is 11.3 Å². The SMILES string of the molecule is COc1cc(C(O)c2ccsc2)ccc1F. The number of ether oxygens (including phenoxy) is 1. The highest BCUT2D eigenvalue weighted by Gasteiger charge is 2.13. The molecular formula is C12H11FO2S. The number of thiophene rings is 1. The van der Waals surface area contributed by atoms with Crippen LogP contribution in [0.5, 0.6) is 5.75 Å². The summed E-state index contributed by atoms with van der Waals surface area (Å²) >= 11 is 1.51. The van der Waals surface area contributed by atoms with Crippen LogP contribution in [0.4, 0.5) is 4.39 Å². The molecular weight excluding hydrogens is 227 g/mol. The van der Waals surface area contributed by atoms with Crippen molar-refractivity contribution < 1.29 is 14.2 Å². The van der Waals surface area contributed by atoms with Crippen molar-refractivity contribution >= 4 is 11.3 Å². The van der Waals surface area contributed by atoms with Crippen LogP contribution in [-0.4, -0.2) is 12.2 Å². The molecule has 0 saturated heterocycles. The van der Waals surface area contributed by atoms with Gasteiger partial charge in [0.2, 0.25) is 0 Å². The number of methoxy groups -OCH3 is 1. The molecule has 0 aliphatic carbocycles. The molecule has 1 aromatic carbocycles. The molecule has 2 nitrogen and oxygen atoms in total. The van der Waals surface area contributed by atoms with E-state index in [4.69, 9.17) is 4.74 Å². The molecule has 1 atom stereocenters. The zero-order chi connectivity index (χ0) is 11.5. The Kier molecular flexibility index (Phi) is 3.22. The summed E-state index contributed by atoms with van der Waals surface area (Å²) in [6, 6.07) is 6.20. The van der Waals surface area contributed by atoms with Crippen LogP contribution in [0.2, 0.25) is 0 Å². The van der Waals surface area contributed by atoms with E-state index in [1.165, 1.54) is 30.6 Å². The number of rotatable bonds is 3. The molecule has 4 heteroatoms. The van der Waals surface area contributed by atoms with Gasteiger partial charge in [0.1, 0.15) is 6.10 Å². The molecule has 1 aromatic heterocycles. The van der Waals surface area contributed by atoms with Crippen LogP contribution in [0.25, 0.3) is 0 Å². The first-order chi connectivity index (χ1) is 7.72. The van der Waals surface area contributed by atoms with Crippen molar-refractivity contribution in [1.29, 1.82) is 0 Å². The van der Waals surface area contributed by atoms with E-state index in [0.717, 1.165) is 5.56 Å². The zero-order valence-corrected chi connectivity index (χ0v) is 9.50. The van der Waals surface area contributed by atoms with Gasteiger partial charge >= 0.3 is 0 Å². The van der Waals surface area contributed by atoms with Crippen molar-refractivity contribution in [3.63, 3.8) is 0 Å². The maximum Gasteiger partial charge on any atom is 0.165 e. The van der Waals surface area contributed by atoms with E-state index < -0.39 is 11.9 Å². The quantitative estimate of drug-likeness (QED) is 0.890. The van der Waals surface area contributed by atoms with Crippen LogP contribution < -0.4 is 4.74 Å². The Balaban J connectivity index is 2.34. The highest BCUT2D eigenvalue weighted by atomic mass is 32.1. The van der Waals surface area contributed by atoms with Crippen molar-refractivity contribution in [2.45, 2.75) is 6.10 Å². The molecule has 0 spiro atoms. The van der Waals surface area contributed by atoms with Crippen molar-refractivity contribution in [2.24, 2.45) is 0 Å². The van der Waals surface area contributed by atoms with Gasteiger partial charge in [-0.15, -0.1) is 0 Å². The number of benzene rings is 1. The number of halogens is 1. The van der Waals surface area contributed by atoms with Crippen LogP contribution in [0, 0.1) is 5.82 Å². The predicted molar refractivity (Wildman–Crippen MR) is 61.3 cm³/mol. The minimum Gasteiger partial charge on any atom is -0.494 e. The lowest BCUT2D eigenvalue weighted by atomic mass is 10.0. The molecule has 1 N–H and O–H groups in total. The number of hydrogen-bond donors (Lipinski definition) is 1. The molecule has 1 unspecified atom stereocenters. The third-order valence-corrected chi connectivity index (χ3v) is 3.05. The summed E-state index contributed by atoms with van der Waals surface area (Å²) in [5, 5.41) is 13.8. The summed E-state index contributed by atoms with van der Waals surface area (Å²) in [6.45, 7) is 0. The van der Waals surface area contributed by atoms with Crippen molar-refractivity contribution in [1.82, 2.24) is 0 Å². The van der Waals surface area contributed by atoms with E-state index in [1.54, 1.807) is 6.07 Å². The van der Waals surface area contributed by atoms with Crippen LogP contribution in [-0.2, 0) is 0 Å². The van der Waals surface area contributed by atoms with Crippen LogP contribution in [0.1, 0.15) is 17.2 Å². The molecule has 0 radical (unpaired) electrons. The molecule has 0 bridgehead atoms. The second-order valence-electron chi connectivity index (χ2n) is 3.35. The van der Waals surface area contributed by atoms with E-state index in [0.29, 0.717) is 5.56 Å². The van der Waals surface area contributed by atoms with Gasteiger partial charge < -0.3 is 9.84 Å². The van der Waals surface area contributed by atoms with Gasteiger partial charge in [-0.3, -0.25) is 0 Å². The minimum atomic E-state index is -0.735. The number of aliphatic hydroxyl groups is 1. The third kappa shape index (κ3) is 2.08. The molecule has 2 rings (SSSR count). The van der Waals surface area contributed by atoms with Gasteiger partial charge in [0.15, 0.2) is 11.6 Å². The summed E-state index contributed by atoms with van der Waals surface area (Å²) in [7, 11) is 1.40. The van der Waals surface area contributed by atoms with E-state index in [-0.39, 0.29) is 5.75 Å². The topological polar surface area (TPSA) is 29.5 Å². The highest BCUT2D eigenvalue weighted by molar-refractivity contribution is 7.07. The summed E-state index contributed by atoms with van der Waals surface area (Å²) in [5.74, 6) is -0.282. The molecule has 0 aliphatic heterocycles. The largest absolute Gasteiger partial charge is 0.494 e. The molecule has 1 heterocycles. The van der Waals surface area contributed by atoms with Crippen LogP contribution in [0.3, 0.4) is 0 Å². The molecule has 0 aliphatic rings. The lowest BCUT2D eigenvalue weighted by molar-refractivity contribution is 0.220. The Morgan fingerprint density at radius 1 is 1.31 bits per heavy atom. The normalized spacial score (nSPS) is 12.4. The zero-order valence-electron chi connectivity index (χ0n) is 8.68. The summed E-state index contributed by atoms with van der Waals surface area (Å²) < 4.78 is 18.0. The highest BCUT2D eigenvalue weighted by Crippen LogP contribution is 2.27. The lowest BCUT2D eigenvalue weighted by Crippen LogP contribution is -1.99. The van der Waals surface area contributed by atoms with E-state index in [9.17, 15) is 9.50 Å². The molecule has 0 amide bonds. The summed E-state index contributed by atoms with van der Waals surface area (Å²) in [4.78, 5) is 0. The average Bonchev–Trinajstić information content (AvgIpc) is 2.82. The first-order valence-corrected chi connectivity index (χ1v) is 5.70. The second kappa shape index (κ2) is 4.63. The van der Waals surface area contributed by atoms with E-state index in [1.807, 2.05) is 16.8 Å². The Bertz CT molecular complexity index is 468. The molecule has 0 fully saturated rings. The van der Waals surface area contributed by atoms with Crippen molar-refractivity contribution in [3.05, 3.63) is 52.0 Å². The smallest absolute Gasteiger partial charge is 0.165 e. The Hall–Kier alpha value is -1.39. The summed E-state index contributed by atoms with van der Waals surface area (Å²) in [5.41, 5.74) is 1.43. The summed E-state index contributed by atoms with van der Waals surface area (Å²) in [6.07, 6.45) is -0.735. The predicted octanol–water partition coefficient (Wildman–Crippen LogP) is 2.98. The van der Waals surface area contributed by atoms with Gasteiger partial charge in [-0.2, -0.15) is 11.3 Å². The first kappa shape index (κ1) is 11.1. The standard InChI is InChI=1S/C12H11FO2S/c1-15-11-6-8(2-3-10(11)13)12(14)9-4-5-16-7-9/h2-7,12,14H,1H3. The van der Waals surface area contributed by atoms with Gasteiger partial charge in [-0.25, -0.2) is 4.39 Å². The second-order valence-corrected chi connectivity index (χ2v) is 4.13. The Morgan fingerprint density at radius 3 is 2.75 bits per heavy atom. The van der Waals surface area contributed by atoms with Gasteiger partial charge in [-0.05, 0) is 40.1 Å². The van der Waals surface area contributed by atoms with E-state index in [2.05, 4.69) is 0 Å². The maximum absolute atomic E-state index is 13.2. The first-order valence-electron chi connectivity index (χ1n) is 4.76. The number of aliphatic hydroxyl groups excluding tert-OH is 1. The molecule has 16 heavy (non-hydrogen) atoms. The fraction of sp³-hybridized carbons (Fsp3) is 0.167. The Labute approximate surface area is 96.9 Å². The van der Waals surface area contributed by atoms with Gasteiger partial charge in [-0.1, -0.05) is 6.07 Å². The molecule has 2 aromatic rings. The molecule has 0 saturated carbocycles.